The fourth-order valence-electron chi connectivity index (χ4n) is 2.04. The Bertz CT molecular complexity index is 658. The van der Waals surface area contributed by atoms with Crippen LogP contribution in [0.2, 0.25) is 0 Å². The van der Waals surface area contributed by atoms with Gasteiger partial charge in [0.15, 0.2) is 5.60 Å². The van der Waals surface area contributed by atoms with Crippen LogP contribution in [0.1, 0.15) is 11.1 Å². The van der Waals surface area contributed by atoms with E-state index in [9.17, 15) is 31.4 Å². The highest BCUT2D eigenvalue weighted by Crippen LogP contribution is 2.51. The molecule has 1 heterocycles. The minimum atomic E-state index is -6.04. The van der Waals surface area contributed by atoms with Crippen LogP contribution in [0.25, 0.3) is 0 Å². The molecule has 1 aromatic carbocycles. The van der Waals surface area contributed by atoms with Gasteiger partial charge in [-0.3, -0.25) is 4.98 Å². The minimum Gasteiger partial charge on any atom is -0.374 e. The molecule has 0 radical (unpaired) electrons. The molecule has 0 aliphatic heterocycles. The van der Waals surface area contributed by atoms with E-state index < -0.39 is 34.6 Å². The van der Waals surface area contributed by atoms with Crippen LogP contribution >= 0.6 is 0 Å². The highest BCUT2D eigenvalue weighted by atomic mass is 19.4. The third-order valence-electron chi connectivity index (χ3n) is 3.15. The summed E-state index contributed by atoms with van der Waals surface area (Å²) in [6, 6.07) is 4.64. The predicted octanol–water partition coefficient (Wildman–Crippen LogP) is 3.65. The zero-order valence-corrected chi connectivity index (χ0v) is 10.8. The Balaban J connectivity index is 2.76. The zero-order valence-electron chi connectivity index (χ0n) is 10.8. The Morgan fingerprint density at radius 2 is 1.45 bits per heavy atom. The summed E-state index contributed by atoms with van der Waals surface area (Å²) >= 11 is 0. The van der Waals surface area contributed by atoms with Gasteiger partial charge in [-0.2, -0.15) is 22.0 Å². The fourth-order valence-corrected chi connectivity index (χ4v) is 2.04. The molecule has 1 aromatic heterocycles. The molecule has 2 rings (SSSR count). The van der Waals surface area contributed by atoms with E-state index in [4.69, 9.17) is 0 Å². The van der Waals surface area contributed by atoms with E-state index in [1.54, 1.807) is 0 Å². The molecule has 22 heavy (non-hydrogen) atoms. The number of nitrogens with zero attached hydrogens (tertiary/aromatic N) is 1. The van der Waals surface area contributed by atoms with Crippen LogP contribution in [0.5, 0.6) is 0 Å². The third-order valence-corrected chi connectivity index (χ3v) is 3.15. The number of hydrogen-bond acceptors (Lipinski definition) is 2. The summed E-state index contributed by atoms with van der Waals surface area (Å²) in [4.78, 5) is 3.50. The molecule has 8 heteroatoms. The van der Waals surface area contributed by atoms with Gasteiger partial charge in [-0.15, -0.1) is 0 Å². The second-order valence-electron chi connectivity index (χ2n) is 4.53. The summed E-state index contributed by atoms with van der Waals surface area (Å²) in [7, 11) is 0. The van der Waals surface area contributed by atoms with Gasteiger partial charge in [0.05, 0.1) is 0 Å². The van der Waals surface area contributed by atoms with Crippen LogP contribution in [-0.4, -0.2) is 22.2 Å². The summed E-state index contributed by atoms with van der Waals surface area (Å²) in [6.45, 7) is 0. The summed E-state index contributed by atoms with van der Waals surface area (Å²) in [5.41, 5.74) is -5.45. The second kappa shape index (κ2) is 5.28. The molecule has 2 nitrogen and oxygen atoms in total. The molecule has 0 bridgehead atoms. The number of aliphatic hydroxyl groups is 1. The van der Waals surface area contributed by atoms with Gasteiger partial charge >= 0.3 is 12.1 Å². The number of halogens is 6. The molecular formula is C14H9F6NO. The van der Waals surface area contributed by atoms with E-state index in [0.29, 0.717) is 6.07 Å². The normalized spacial score (nSPS) is 15.4. The molecular weight excluding hydrogens is 312 g/mol. The van der Waals surface area contributed by atoms with Crippen LogP contribution in [0, 0.1) is 5.82 Å². The standard InChI is InChI=1S/C14H9F6NO/c15-11-3-1-2-10(8-11)12(22,9-4-6-21-7-5-9)13(16,17)14(18,19)20/h1-8,22H. The highest BCUT2D eigenvalue weighted by molar-refractivity contribution is 5.39. The van der Waals surface area contributed by atoms with E-state index in [2.05, 4.69) is 4.98 Å². The summed E-state index contributed by atoms with van der Waals surface area (Å²) in [6.07, 6.45) is -4.14. The molecule has 0 spiro atoms. The molecule has 0 fully saturated rings. The molecule has 0 saturated heterocycles. The molecule has 2 aromatic rings. The van der Waals surface area contributed by atoms with Crippen molar-refractivity contribution in [2.45, 2.75) is 17.7 Å². The highest BCUT2D eigenvalue weighted by Gasteiger charge is 2.71. The first-order valence-corrected chi connectivity index (χ1v) is 5.94. The Morgan fingerprint density at radius 1 is 0.864 bits per heavy atom. The number of pyridine rings is 1. The average Bonchev–Trinajstić information content (AvgIpc) is 2.46. The van der Waals surface area contributed by atoms with Gasteiger partial charge in [0.25, 0.3) is 0 Å². The van der Waals surface area contributed by atoms with Gasteiger partial charge in [0.2, 0.25) is 0 Å². The van der Waals surface area contributed by atoms with Crippen molar-refractivity contribution in [2.75, 3.05) is 0 Å². The smallest absolute Gasteiger partial charge is 0.374 e. The fraction of sp³-hybridized carbons (Fsp3) is 0.214. The largest absolute Gasteiger partial charge is 0.457 e. The van der Waals surface area contributed by atoms with Gasteiger partial charge in [-0.1, -0.05) is 12.1 Å². The lowest BCUT2D eigenvalue weighted by Gasteiger charge is -2.37. The SMILES string of the molecule is OC(c1ccncc1)(c1cccc(F)c1)C(F)(F)C(F)(F)F. The van der Waals surface area contributed by atoms with Crippen molar-refractivity contribution in [2.24, 2.45) is 0 Å². The third kappa shape index (κ3) is 2.43. The number of benzene rings is 1. The molecule has 1 N–H and O–H groups in total. The zero-order chi connectivity index (χ0) is 16.6. The first kappa shape index (κ1) is 16.3. The predicted molar refractivity (Wildman–Crippen MR) is 64.6 cm³/mol. The first-order valence-electron chi connectivity index (χ1n) is 5.94. The van der Waals surface area contributed by atoms with Gasteiger partial charge in [0.1, 0.15) is 5.82 Å². The molecule has 0 amide bonds. The van der Waals surface area contributed by atoms with Crippen molar-refractivity contribution in [3.05, 3.63) is 65.7 Å². The lowest BCUT2D eigenvalue weighted by atomic mass is 9.81. The van der Waals surface area contributed by atoms with Crippen molar-refractivity contribution in [1.29, 1.82) is 0 Å². The van der Waals surface area contributed by atoms with Crippen molar-refractivity contribution >= 4 is 0 Å². The van der Waals surface area contributed by atoms with Crippen LogP contribution in [0.3, 0.4) is 0 Å². The van der Waals surface area contributed by atoms with Gasteiger partial charge in [-0.05, 0) is 35.4 Å². The maximum atomic E-state index is 14.0. The minimum absolute atomic E-state index is 0.431. The molecule has 0 aliphatic rings. The molecule has 1 unspecified atom stereocenters. The molecule has 0 aliphatic carbocycles. The Hall–Kier alpha value is -2.09. The lowest BCUT2D eigenvalue weighted by molar-refractivity contribution is -0.336. The molecule has 118 valence electrons. The number of alkyl halides is 5. The van der Waals surface area contributed by atoms with E-state index >= 15 is 0 Å². The first-order chi connectivity index (χ1) is 10.1. The monoisotopic (exact) mass is 321 g/mol. The average molecular weight is 321 g/mol. The number of rotatable bonds is 3. The summed E-state index contributed by atoms with van der Waals surface area (Å²) in [5, 5.41) is 10.3. The van der Waals surface area contributed by atoms with Crippen molar-refractivity contribution in [1.82, 2.24) is 4.98 Å². The van der Waals surface area contributed by atoms with E-state index in [1.165, 1.54) is 0 Å². The van der Waals surface area contributed by atoms with Gasteiger partial charge < -0.3 is 5.11 Å². The van der Waals surface area contributed by atoms with Crippen LogP contribution in [0.15, 0.2) is 48.8 Å². The van der Waals surface area contributed by atoms with Crippen LogP contribution in [-0.2, 0) is 5.60 Å². The van der Waals surface area contributed by atoms with Crippen LogP contribution < -0.4 is 0 Å². The van der Waals surface area contributed by atoms with Crippen molar-refractivity contribution in [3.63, 3.8) is 0 Å². The van der Waals surface area contributed by atoms with E-state index in [1.807, 2.05) is 0 Å². The van der Waals surface area contributed by atoms with Crippen molar-refractivity contribution in [3.8, 4) is 0 Å². The summed E-state index contributed by atoms with van der Waals surface area (Å²) in [5.74, 6) is -6.60. The lowest BCUT2D eigenvalue weighted by Crippen LogP contribution is -2.55. The maximum absolute atomic E-state index is 14.0. The molecule has 1 atom stereocenters. The number of hydrogen-bond donors (Lipinski definition) is 1. The van der Waals surface area contributed by atoms with Crippen molar-refractivity contribution < 1.29 is 31.4 Å². The summed E-state index contributed by atoms with van der Waals surface area (Å²) < 4.78 is 79.5. The molecule has 0 saturated carbocycles. The van der Waals surface area contributed by atoms with Gasteiger partial charge in [0, 0.05) is 12.4 Å². The quantitative estimate of drug-likeness (QED) is 0.875. The topological polar surface area (TPSA) is 33.1 Å². The van der Waals surface area contributed by atoms with Crippen LogP contribution in [0.4, 0.5) is 26.3 Å². The Kier molecular flexibility index (Phi) is 3.90. The maximum Gasteiger partial charge on any atom is 0.457 e. The number of aromatic nitrogens is 1. The Labute approximate surface area is 121 Å². The van der Waals surface area contributed by atoms with E-state index in [-0.39, 0.29) is 0 Å². The van der Waals surface area contributed by atoms with E-state index in [0.717, 1.165) is 42.7 Å². The Morgan fingerprint density at radius 3 is 1.95 bits per heavy atom. The van der Waals surface area contributed by atoms with Gasteiger partial charge in [-0.25, -0.2) is 4.39 Å². The second-order valence-corrected chi connectivity index (χ2v) is 4.53.